The molecule has 0 unspecified atom stereocenters. The van der Waals surface area contributed by atoms with Gasteiger partial charge in [-0.2, -0.15) is 0 Å². The standard InChI is InChI=1S/C14H14BrNS/c1-10-7-11(2)16-14(8-10)17-9-12-5-3-4-6-13(12)15/h3-8H,9H2,1-2H3. The largest absolute Gasteiger partial charge is 0.247 e. The summed E-state index contributed by atoms with van der Waals surface area (Å²) in [6.45, 7) is 4.15. The van der Waals surface area contributed by atoms with Gasteiger partial charge in [-0.15, -0.1) is 11.8 Å². The van der Waals surface area contributed by atoms with Gasteiger partial charge in [0.2, 0.25) is 0 Å². The zero-order chi connectivity index (χ0) is 12.3. The third-order valence-electron chi connectivity index (χ3n) is 2.41. The zero-order valence-electron chi connectivity index (χ0n) is 9.90. The molecule has 0 N–H and O–H groups in total. The molecule has 0 aliphatic rings. The minimum absolute atomic E-state index is 0.942. The van der Waals surface area contributed by atoms with E-state index in [0.29, 0.717) is 0 Å². The van der Waals surface area contributed by atoms with Crippen LogP contribution in [-0.2, 0) is 5.75 Å². The second-order valence-corrected chi connectivity index (χ2v) is 5.85. The van der Waals surface area contributed by atoms with E-state index in [-0.39, 0.29) is 0 Å². The molecule has 2 aromatic rings. The van der Waals surface area contributed by atoms with Crippen molar-refractivity contribution in [2.75, 3.05) is 0 Å². The molecule has 0 atom stereocenters. The Labute approximate surface area is 115 Å². The Balaban J connectivity index is 2.10. The maximum atomic E-state index is 4.53. The van der Waals surface area contributed by atoms with Crippen molar-refractivity contribution in [1.82, 2.24) is 4.98 Å². The maximum absolute atomic E-state index is 4.53. The van der Waals surface area contributed by atoms with Crippen LogP contribution in [-0.4, -0.2) is 4.98 Å². The van der Waals surface area contributed by atoms with Gasteiger partial charge in [-0.3, -0.25) is 0 Å². The SMILES string of the molecule is Cc1cc(C)nc(SCc2ccccc2Br)c1. The van der Waals surface area contributed by atoms with Crippen LogP contribution in [0.2, 0.25) is 0 Å². The monoisotopic (exact) mass is 307 g/mol. The topological polar surface area (TPSA) is 12.9 Å². The Morgan fingerprint density at radius 3 is 2.65 bits per heavy atom. The van der Waals surface area contributed by atoms with Crippen molar-refractivity contribution in [2.45, 2.75) is 24.6 Å². The summed E-state index contributed by atoms with van der Waals surface area (Å²) < 4.78 is 1.16. The van der Waals surface area contributed by atoms with Crippen molar-refractivity contribution >= 4 is 27.7 Å². The summed E-state index contributed by atoms with van der Waals surface area (Å²) in [6.07, 6.45) is 0. The van der Waals surface area contributed by atoms with E-state index in [1.165, 1.54) is 11.1 Å². The van der Waals surface area contributed by atoms with E-state index in [4.69, 9.17) is 0 Å². The van der Waals surface area contributed by atoms with Gasteiger partial charge in [0.25, 0.3) is 0 Å². The van der Waals surface area contributed by atoms with Crippen molar-refractivity contribution in [3.63, 3.8) is 0 Å². The molecular weight excluding hydrogens is 294 g/mol. The molecule has 17 heavy (non-hydrogen) atoms. The van der Waals surface area contributed by atoms with Gasteiger partial charge in [0.05, 0.1) is 5.03 Å². The Morgan fingerprint density at radius 1 is 1.18 bits per heavy atom. The Hall–Kier alpha value is -0.800. The minimum atomic E-state index is 0.942. The fourth-order valence-electron chi connectivity index (χ4n) is 1.65. The molecule has 0 aliphatic carbocycles. The van der Waals surface area contributed by atoms with Crippen LogP contribution in [0.25, 0.3) is 0 Å². The van der Waals surface area contributed by atoms with E-state index in [1.807, 2.05) is 13.0 Å². The average molecular weight is 308 g/mol. The van der Waals surface area contributed by atoms with Crippen molar-refractivity contribution in [2.24, 2.45) is 0 Å². The lowest BCUT2D eigenvalue weighted by atomic mass is 10.2. The molecule has 3 heteroatoms. The second-order valence-electron chi connectivity index (χ2n) is 4.00. The van der Waals surface area contributed by atoms with Crippen LogP contribution in [0.15, 0.2) is 45.9 Å². The molecule has 1 heterocycles. The van der Waals surface area contributed by atoms with Crippen LogP contribution in [0.4, 0.5) is 0 Å². The predicted octanol–water partition coefficient (Wildman–Crippen LogP) is 4.75. The van der Waals surface area contributed by atoms with Crippen LogP contribution in [0, 0.1) is 13.8 Å². The average Bonchev–Trinajstić information content (AvgIpc) is 2.27. The van der Waals surface area contributed by atoms with Crippen LogP contribution >= 0.6 is 27.7 Å². The summed E-state index contributed by atoms with van der Waals surface area (Å²) in [6, 6.07) is 12.5. The van der Waals surface area contributed by atoms with E-state index >= 15 is 0 Å². The normalized spacial score (nSPS) is 10.5. The van der Waals surface area contributed by atoms with Gasteiger partial charge >= 0.3 is 0 Å². The van der Waals surface area contributed by atoms with Crippen LogP contribution < -0.4 is 0 Å². The third kappa shape index (κ3) is 3.58. The molecule has 0 amide bonds. The van der Waals surface area contributed by atoms with Gasteiger partial charge in [0, 0.05) is 15.9 Å². The molecule has 0 aliphatic heterocycles. The number of rotatable bonds is 3. The molecule has 1 aromatic carbocycles. The highest BCUT2D eigenvalue weighted by Gasteiger charge is 2.02. The highest BCUT2D eigenvalue weighted by molar-refractivity contribution is 9.10. The molecule has 0 fully saturated rings. The second kappa shape index (κ2) is 5.69. The number of hydrogen-bond acceptors (Lipinski definition) is 2. The fraction of sp³-hybridized carbons (Fsp3) is 0.214. The van der Waals surface area contributed by atoms with E-state index in [2.05, 4.69) is 58.2 Å². The maximum Gasteiger partial charge on any atom is 0.0968 e. The number of thioether (sulfide) groups is 1. The summed E-state index contributed by atoms with van der Waals surface area (Å²) in [4.78, 5) is 4.53. The molecule has 2 rings (SSSR count). The van der Waals surface area contributed by atoms with Crippen molar-refractivity contribution in [1.29, 1.82) is 0 Å². The first-order chi connectivity index (χ1) is 8.15. The molecular formula is C14H14BrNS. The third-order valence-corrected chi connectivity index (χ3v) is 4.14. The Kier molecular flexibility index (Phi) is 4.24. The van der Waals surface area contributed by atoms with Crippen molar-refractivity contribution in [3.8, 4) is 0 Å². The molecule has 1 aromatic heterocycles. The van der Waals surface area contributed by atoms with Crippen LogP contribution in [0.3, 0.4) is 0 Å². The quantitative estimate of drug-likeness (QED) is 0.759. The smallest absolute Gasteiger partial charge is 0.0968 e. The van der Waals surface area contributed by atoms with Gasteiger partial charge in [0.1, 0.15) is 0 Å². The molecule has 0 spiro atoms. The number of nitrogens with zero attached hydrogens (tertiary/aromatic N) is 1. The number of benzene rings is 1. The summed E-state index contributed by atoms with van der Waals surface area (Å²) >= 11 is 5.34. The molecule has 0 radical (unpaired) electrons. The first-order valence-corrected chi connectivity index (χ1v) is 7.24. The lowest BCUT2D eigenvalue weighted by Crippen LogP contribution is -1.88. The highest BCUT2D eigenvalue weighted by Crippen LogP contribution is 2.26. The van der Waals surface area contributed by atoms with Crippen molar-refractivity contribution < 1.29 is 0 Å². The summed E-state index contributed by atoms with van der Waals surface area (Å²) in [5.41, 5.74) is 3.66. The van der Waals surface area contributed by atoms with E-state index < -0.39 is 0 Å². The van der Waals surface area contributed by atoms with Crippen molar-refractivity contribution in [3.05, 3.63) is 57.7 Å². The lowest BCUT2D eigenvalue weighted by Gasteiger charge is -2.05. The lowest BCUT2D eigenvalue weighted by molar-refractivity contribution is 1.05. The van der Waals surface area contributed by atoms with E-state index in [1.54, 1.807) is 11.8 Å². The zero-order valence-corrected chi connectivity index (χ0v) is 12.3. The Bertz CT molecular complexity index is 505. The molecule has 0 saturated carbocycles. The highest BCUT2D eigenvalue weighted by atomic mass is 79.9. The number of aryl methyl sites for hydroxylation is 2. The molecule has 88 valence electrons. The predicted molar refractivity (Wildman–Crippen MR) is 77.4 cm³/mol. The summed E-state index contributed by atoms with van der Waals surface area (Å²) in [5, 5.41) is 1.10. The van der Waals surface area contributed by atoms with Gasteiger partial charge in [-0.05, 0) is 43.2 Å². The van der Waals surface area contributed by atoms with Gasteiger partial charge < -0.3 is 0 Å². The number of pyridine rings is 1. The first-order valence-electron chi connectivity index (χ1n) is 5.46. The van der Waals surface area contributed by atoms with Gasteiger partial charge in [-0.25, -0.2) is 4.98 Å². The Morgan fingerprint density at radius 2 is 1.94 bits per heavy atom. The number of hydrogen-bond donors (Lipinski definition) is 0. The fourth-order valence-corrected chi connectivity index (χ4v) is 3.29. The van der Waals surface area contributed by atoms with Gasteiger partial charge in [-0.1, -0.05) is 34.1 Å². The number of aromatic nitrogens is 1. The summed E-state index contributed by atoms with van der Waals surface area (Å²) in [5.74, 6) is 0.942. The molecule has 0 bridgehead atoms. The number of halogens is 1. The first kappa shape index (κ1) is 12.7. The molecule has 1 nitrogen and oxygen atoms in total. The summed E-state index contributed by atoms with van der Waals surface area (Å²) in [7, 11) is 0. The van der Waals surface area contributed by atoms with Gasteiger partial charge in [0.15, 0.2) is 0 Å². The molecule has 0 saturated heterocycles. The van der Waals surface area contributed by atoms with Crippen LogP contribution in [0.1, 0.15) is 16.8 Å². The minimum Gasteiger partial charge on any atom is -0.247 e. The van der Waals surface area contributed by atoms with E-state index in [9.17, 15) is 0 Å². The van der Waals surface area contributed by atoms with Crippen LogP contribution in [0.5, 0.6) is 0 Å². The van der Waals surface area contributed by atoms with E-state index in [0.717, 1.165) is 20.9 Å².